The van der Waals surface area contributed by atoms with E-state index in [0.29, 0.717) is 6.04 Å². The van der Waals surface area contributed by atoms with Crippen LogP contribution in [-0.2, 0) is 5.41 Å². The van der Waals surface area contributed by atoms with Gasteiger partial charge >= 0.3 is 0 Å². The monoisotopic (exact) mass is 262 g/mol. The van der Waals surface area contributed by atoms with Crippen LogP contribution in [0.25, 0.3) is 0 Å². The van der Waals surface area contributed by atoms with E-state index in [1.807, 2.05) is 6.07 Å². The molecule has 1 heterocycles. The van der Waals surface area contributed by atoms with Crippen LogP contribution < -0.4 is 0 Å². The van der Waals surface area contributed by atoms with Crippen LogP contribution >= 0.6 is 0 Å². The molecule has 0 amide bonds. The van der Waals surface area contributed by atoms with Crippen molar-refractivity contribution in [2.45, 2.75) is 25.3 Å². The molecule has 0 spiro atoms. The number of nitrogens with zero attached hydrogens (tertiary/aromatic N) is 2. The fraction of sp³-hybridized carbons (Fsp3) is 0.625. The van der Waals surface area contributed by atoms with E-state index < -0.39 is 0 Å². The van der Waals surface area contributed by atoms with Gasteiger partial charge in [0.2, 0.25) is 0 Å². The van der Waals surface area contributed by atoms with Gasteiger partial charge in [-0.3, -0.25) is 4.90 Å². The summed E-state index contributed by atoms with van der Waals surface area (Å²) in [5, 5.41) is 9.85. The minimum absolute atomic E-state index is 0.170. The molecule has 3 heteroatoms. The summed E-state index contributed by atoms with van der Waals surface area (Å²) in [5.41, 5.74) is 1.06. The first-order valence-electron chi connectivity index (χ1n) is 7.14. The van der Waals surface area contributed by atoms with E-state index in [2.05, 4.69) is 55.0 Å². The molecule has 3 nitrogen and oxygen atoms in total. The van der Waals surface area contributed by atoms with E-state index >= 15 is 0 Å². The molecule has 2 unspecified atom stereocenters. The molecule has 19 heavy (non-hydrogen) atoms. The predicted molar refractivity (Wildman–Crippen MR) is 79.4 cm³/mol. The molecule has 0 aliphatic carbocycles. The van der Waals surface area contributed by atoms with Crippen molar-refractivity contribution < 1.29 is 5.11 Å². The lowest BCUT2D eigenvalue weighted by Crippen LogP contribution is -2.53. The van der Waals surface area contributed by atoms with Crippen molar-refractivity contribution in [2.75, 3.05) is 39.8 Å². The zero-order valence-electron chi connectivity index (χ0n) is 12.3. The summed E-state index contributed by atoms with van der Waals surface area (Å²) in [5.74, 6) is 0. The molecule has 1 aromatic carbocycles. The summed E-state index contributed by atoms with van der Waals surface area (Å²) in [7, 11) is 2.18. The SMILES string of the molecule is CC1CN(CC(C)(CO)c2ccccc2)CCN1C. The van der Waals surface area contributed by atoms with Crippen LogP contribution in [0, 0.1) is 0 Å². The Morgan fingerprint density at radius 1 is 1.26 bits per heavy atom. The highest BCUT2D eigenvalue weighted by atomic mass is 16.3. The summed E-state index contributed by atoms with van der Waals surface area (Å²) in [6.07, 6.45) is 0. The zero-order chi connectivity index (χ0) is 13.9. The van der Waals surface area contributed by atoms with Crippen molar-refractivity contribution in [1.82, 2.24) is 9.80 Å². The molecule has 0 bridgehead atoms. The van der Waals surface area contributed by atoms with Crippen molar-refractivity contribution in [1.29, 1.82) is 0 Å². The van der Waals surface area contributed by atoms with E-state index in [4.69, 9.17) is 0 Å². The van der Waals surface area contributed by atoms with Gasteiger partial charge in [0.05, 0.1) is 6.61 Å². The number of piperazine rings is 1. The number of rotatable bonds is 4. The predicted octanol–water partition coefficient (Wildman–Crippen LogP) is 1.57. The molecule has 0 aromatic heterocycles. The summed E-state index contributed by atoms with van der Waals surface area (Å²) >= 11 is 0. The highest BCUT2D eigenvalue weighted by Crippen LogP contribution is 2.25. The molecule has 2 rings (SSSR count). The standard InChI is InChI=1S/C16H26N2O/c1-14-11-18(10-9-17(14)3)12-16(2,13-19)15-7-5-4-6-8-15/h4-8,14,19H,9-13H2,1-3H3. The molecule has 1 saturated heterocycles. The van der Waals surface area contributed by atoms with Gasteiger partial charge in [-0.1, -0.05) is 37.3 Å². The first kappa shape index (κ1) is 14.5. The number of aliphatic hydroxyl groups excluding tert-OH is 1. The van der Waals surface area contributed by atoms with Gasteiger partial charge < -0.3 is 10.0 Å². The van der Waals surface area contributed by atoms with Crippen LogP contribution in [0.2, 0.25) is 0 Å². The van der Waals surface area contributed by atoms with Gasteiger partial charge in [0.15, 0.2) is 0 Å². The number of hydrogen-bond donors (Lipinski definition) is 1. The summed E-state index contributed by atoms with van der Waals surface area (Å²) in [4.78, 5) is 4.88. The molecule has 106 valence electrons. The summed E-state index contributed by atoms with van der Waals surface area (Å²) < 4.78 is 0. The summed E-state index contributed by atoms with van der Waals surface area (Å²) in [6.45, 7) is 8.82. The van der Waals surface area contributed by atoms with Gasteiger partial charge in [0.25, 0.3) is 0 Å². The largest absolute Gasteiger partial charge is 0.395 e. The Bertz CT molecular complexity index is 395. The molecule has 0 saturated carbocycles. The van der Waals surface area contributed by atoms with Gasteiger partial charge in [0.1, 0.15) is 0 Å². The van der Waals surface area contributed by atoms with Crippen LogP contribution in [0.1, 0.15) is 19.4 Å². The Balaban J connectivity index is 2.07. The fourth-order valence-corrected chi connectivity index (χ4v) is 2.83. The number of hydrogen-bond acceptors (Lipinski definition) is 3. The molecule has 1 aliphatic rings. The average Bonchev–Trinajstić information content (AvgIpc) is 2.44. The molecule has 1 fully saturated rings. The first-order chi connectivity index (χ1) is 9.05. The van der Waals surface area contributed by atoms with Gasteiger partial charge in [0, 0.05) is 37.6 Å². The Hall–Kier alpha value is -0.900. The molecule has 1 N–H and O–H groups in total. The van der Waals surface area contributed by atoms with E-state index in [9.17, 15) is 5.11 Å². The normalized spacial score (nSPS) is 25.2. The van der Waals surface area contributed by atoms with Crippen molar-refractivity contribution in [3.63, 3.8) is 0 Å². The van der Waals surface area contributed by atoms with Crippen LogP contribution in [-0.4, -0.2) is 60.8 Å². The molecule has 1 aromatic rings. The lowest BCUT2D eigenvalue weighted by atomic mass is 9.82. The highest BCUT2D eigenvalue weighted by molar-refractivity contribution is 5.25. The third-order valence-corrected chi connectivity index (χ3v) is 4.44. The van der Waals surface area contributed by atoms with Gasteiger partial charge in [-0.25, -0.2) is 0 Å². The molecule has 1 aliphatic heterocycles. The second kappa shape index (κ2) is 6.04. The average molecular weight is 262 g/mol. The van der Waals surface area contributed by atoms with Crippen LogP contribution in [0.5, 0.6) is 0 Å². The molecule has 0 radical (unpaired) electrons. The van der Waals surface area contributed by atoms with Crippen molar-refractivity contribution in [3.05, 3.63) is 35.9 Å². The van der Waals surface area contributed by atoms with E-state index in [1.165, 1.54) is 5.56 Å². The maximum absolute atomic E-state index is 9.85. The van der Waals surface area contributed by atoms with E-state index in [-0.39, 0.29) is 12.0 Å². The molecule has 2 atom stereocenters. The third kappa shape index (κ3) is 3.35. The fourth-order valence-electron chi connectivity index (χ4n) is 2.83. The quantitative estimate of drug-likeness (QED) is 0.892. The van der Waals surface area contributed by atoms with Crippen LogP contribution in [0.3, 0.4) is 0 Å². The Morgan fingerprint density at radius 3 is 2.53 bits per heavy atom. The smallest absolute Gasteiger partial charge is 0.0537 e. The second-order valence-corrected chi connectivity index (χ2v) is 6.15. The van der Waals surface area contributed by atoms with Gasteiger partial charge in [-0.05, 0) is 19.5 Å². The Kier molecular flexibility index (Phi) is 4.61. The molecular formula is C16H26N2O. The Morgan fingerprint density at radius 2 is 1.95 bits per heavy atom. The van der Waals surface area contributed by atoms with Crippen LogP contribution in [0.4, 0.5) is 0 Å². The number of likely N-dealkylation sites (N-methyl/N-ethyl adjacent to an activating group) is 1. The summed E-state index contributed by atoms with van der Waals surface area (Å²) in [6, 6.07) is 11.0. The van der Waals surface area contributed by atoms with Crippen molar-refractivity contribution >= 4 is 0 Å². The van der Waals surface area contributed by atoms with E-state index in [1.54, 1.807) is 0 Å². The van der Waals surface area contributed by atoms with E-state index in [0.717, 1.165) is 26.2 Å². The van der Waals surface area contributed by atoms with Gasteiger partial charge in [-0.15, -0.1) is 0 Å². The number of benzene rings is 1. The lowest BCUT2D eigenvalue weighted by Gasteiger charge is -2.42. The second-order valence-electron chi connectivity index (χ2n) is 6.15. The van der Waals surface area contributed by atoms with Crippen molar-refractivity contribution in [3.8, 4) is 0 Å². The van der Waals surface area contributed by atoms with Crippen molar-refractivity contribution in [2.24, 2.45) is 0 Å². The number of aliphatic hydroxyl groups is 1. The maximum atomic E-state index is 9.85. The zero-order valence-corrected chi connectivity index (χ0v) is 12.3. The van der Waals surface area contributed by atoms with Gasteiger partial charge in [-0.2, -0.15) is 0 Å². The maximum Gasteiger partial charge on any atom is 0.0537 e. The minimum atomic E-state index is -0.170. The lowest BCUT2D eigenvalue weighted by molar-refractivity contribution is 0.0718. The minimum Gasteiger partial charge on any atom is -0.395 e. The van der Waals surface area contributed by atoms with Crippen LogP contribution in [0.15, 0.2) is 30.3 Å². The third-order valence-electron chi connectivity index (χ3n) is 4.44. The highest BCUT2D eigenvalue weighted by Gasteiger charge is 2.31. The topological polar surface area (TPSA) is 26.7 Å². The first-order valence-corrected chi connectivity index (χ1v) is 7.14. The molecular weight excluding hydrogens is 236 g/mol. The Labute approximate surface area is 116 Å².